The molecule has 0 radical (unpaired) electrons. The lowest BCUT2D eigenvalue weighted by molar-refractivity contribution is -0.237. The standard InChI is InChI=1S/C22H33NO3/c1-3-23-10-20(11-24)6-5-17(25)22-15(20)9-14(18(22)23)21-7-4-13(8-16(21)22)12(2)19(21)26/h13-19,24-26H,2-11H2,1H3/t13-,14?,15?,16?,17-,18?,19-,20-,21-,22?/m0/s1. The molecule has 0 aromatic carbocycles. The highest BCUT2D eigenvalue weighted by atomic mass is 16.3. The Kier molecular flexibility index (Phi) is 3.03. The zero-order chi connectivity index (χ0) is 18.1. The number of hydrogen-bond donors (Lipinski definition) is 3. The highest BCUT2D eigenvalue weighted by Gasteiger charge is 2.84. The summed E-state index contributed by atoms with van der Waals surface area (Å²) in [5.74, 6) is 1.71. The van der Waals surface area contributed by atoms with Crippen LogP contribution in [0.15, 0.2) is 12.2 Å². The minimum absolute atomic E-state index is 0.0409. The van der Waals surface area contributed by atoms with Gasteiger partial charge in [0.15, 0.2) is 0 Å². The molecule has 2 spiro atoms. The molecular formula is C22H33NO3. The average Bonchev–Trinajstić information content (AvgIpc) is 3.09. The van der Waals surface area contributed by atoms with E-state index in [-0.39, 0.29) is 35.1 Å². The molecule has 1 aliphatic heterocycles. The minimum atomic E-state index is -0.387. The quantitative estimate of drug-likeness (QED) is 0.658. The number of aliphatic hydroxyl groups is 3. The molecule has 10 atom stereocenters. The molecule has 6 saturated carbocycles. The molecule has 1 saturated heterocycles. The summed E-state index contributed by atoms with van der Waals surface area (Å²) in [7, 11) is 0. The summed E-state index contributed by atoms with van der Waals surface area (Å²) in [4.78, 5) is 2.60. The Hall–Kier alpha value is -0.420. The van der Waals surface area contributed by atoms with Crippen LogP contribution in [-0.2, 0) is 0 Å². The van der Waals surface area contributed by atoms with Crippen molar-refractivity contribution in [2.75, 3.05) is 19.7 Å². The van der Waals surface area contributed by atoms with Gasteiger partial charge < -0.3 is 15.3 Å². The van der Waals surface area contributed by atoms with Crippen molar-refractivity contribution in [3.05, 3.63) is 12.2 Å². The fourth-order valence-corrected chi connectivity index (χ4v) is 9.97. The third-order valence-electron chi connectivity index (χ3n) is 10.6. The van der Waals surface area contributed by atoms with Gasteiger partial charge in [0.05, 0.1) is 18.8 Å². The maximum Gasteiger partial charge on any atom is 0.0812 e. The Morgan fingerprint density at radius 1 is 1.15 bits per heavy atom. The fourth-order valence-electron chi connectivity index (χ4n) is 9.97. The van der Waals surface area contributed by atoms with E-state index >= 15 is 0 Å². The number of nitrogens with zero attached hydrogens (tertiary/aromatic N) is 1. The lowest BCUT2D eigenvalue weighted by Gasteiger charge is -2.68. The number of likely N-dealkylation sites (tertiary alicyclic amines) is 1. The Morgan fingerprint density at radius 2 is 1.96 bits per heavy atom. The normalized spacial score (nSPS) is 62.6. The Bertz CT molecular complexity index is 680. The van der Waals surface area contributed by atoms with Gasteiger partial charge in [0, 0.05) is 28.8 Å². The lowest BCUT2D eigenvalue weighted by Crippen LogP contribution is -2.70. The molecule has 1 heterocycles. The summed E-state index contributed by atoms with van der Waals surface area (Å²) >= 11 is 0. The van der Waals surface area contributed by atoms with Crippen LogP contribution in [0.1, 0.15) is 45.4 Å². The van der Waals surface area contributed by atoms with E-state index in [1.807, 2.05) is 0 Å². The molecular weight excluding hydrogens is 326 g/mol. The molecule has 5 unspecified atom stereocenters. The molecule has 0 aromatic rings. The third-order valence-corrected chi connectivity index (χ3v) is 10.6. The predicted molar refractivity (Wildman–Crippen MR) is 98.2 cm³/mol. The van der Waals surface area contributed by atoms with E-state index in [1.165, 1.54) is 6.42 Å². The molecule has 26 heavy (non-hydrogen) atoms. The summed E-state index contributed by atoms with van der Waals surface area (Å²) in [6.45, 7) is 8.74. The van der Waals surface area contributed by atoms with Crippen LogP contribution < -0.4 is 0 Å². The van der Waals surface area contributed by atoms with Crippen molar-refractivity contribution in [2.24, 2.45) is 39.9 Å². The van der Waals surface area contributed by atoms with Crippen molar-refractivity contribution >= 4 is 0 Å². The highest BCUT2D eigenvalue weighted by Crippen LogP contribution is 2.83. The van der Waals surface area contributed by atoms with Gasteiger partial charge in [-0.1, -0.05) is 13.5 Å². The molecule has 4 heteroatoms. The highest BCUT2D eigenvalue weighted by molar-refractivity contribution is 5.38. The molecule has 7 rings (SSSR count). The van der Waals surface area contributed by atoms with E-state index in [9.17, 15) is 15.3 Å². The first-order chi connectivity index (χ1) is 12.5. The van der Waals surface area contributed by atoms with Gasteiger partial charge in [0.25, 0.3) is 0 Å². The van der Waals surface area contributed by atoms with E-state index < -0.39 is 0 Å². The van der Waals surface area contributed by atoms with Crippen molar-refractivity contribution in [2.45, 2.75) is 63.7 Å². The summed E-state index contributed by atoms with van der Waals surface area (Å²) in [6, 6.07) is 0.386. The zero-order valence-corrected chi connectivity index (χ0v) is 15.9. The number of hydrogen-bond acceptors (Lipinski definition) is 4. The molecule has 7 bridgehead atoms. The van der Waals surface area contributed by atoms with Gasteiger partial charge in [-0.15, -0.1) is 0 Å². The van der Waals surface area contributed by atoms with Crippen LogP contribution >= 0.6 is 0 Å². The van der Waals surface area contributed by atoms with Gasteiger partial charge in [0.1, 0.15) is 0 Å². The van der Waals surface area contributed by atoms with E-state index in [2.05, 4.69) is 18.4 Å². The SMILES string of the molecule is C=C1[C@H]2CC[C@@]3(C4CC5C6(C4N(CC)C[C@]5(CO)CC[C@@H]6O)C3C2)[C@H]1O. The summed E-state index contributed by atoms with van der Waals surface area (Å²) in [5, 5.41) is 33.4. The first kappa shape index (κ1) is 16.5. The second-order valence-corrected chi connectivity index (χ2v) is 10.6. The Labute approximate surface area is 156 Å². The predicted octanol–water partition coefficient (Wildman–Crippen LogP) is 1.79. The van der Waals surface area contributed by atoms with E-state index in [0.29, 0.717) is 29.7 Å². The maximum absolute atomic E-state index is 11.5. The minimum Gasteiger partial charge on any atom is -0.396 e. The lowest BCUT2D eigenvalue weighted by atomic mass is 9.39. The van der Waals surface area contributed by atoms with Crippen molar-refractivity contribution in [1.29, 1.82) is 0 Å². The topological polar surface area (TPSA) is 63.9 Å². The van der Waals surface area contributed by atoms with Crippen molar-refractivity contribution in [1.82, 2.24) is 4.90 Å². The van der Waals surface area contributed by atoms with Crippen LogP contribution in [0, 0.1) is 39.9 Å². The molecule has 4 nitrogen and oxygen atoms in total. The van der Waals surface area contributed by atoms with Crippen LogP contribution in [-0.4, -0.2) is 58.2 Å². The third kappa shape index (κ3) is 1.37. The monoisotopic (exact) mass is 359 g/mol. The van der Waals surface area contributed by atoms with Crippen molar-refractivity contribution in [3.8, 4) is 0 Å². The molecule has 0 amide bonds. The van der Waals surface area contributed by atoms with Gasteiger partial charge in [-0.05, 0) is 74.3 Å². The van der Waals surface area contributed by atoms with Crippen LogP contribution in [0.2, 0.25) is 0 Å². The van der Waals surface area contributed by atoms with Crippen molar-refractivity contribution in [3.63, 3.8) is 0 Å². The molecule has 7 aliphatic rings. The maximum atomic E-state index is 11.5. The number of piperidine rings is 1. The molecule has 0 aromatic heterocycles. The first-order valence-electron chi connectivity index (χ1n) is 10.9. The summed E-state index contributed by atoms with van der Waals surface area (Å²) in [6.07, 6.45) is 5.58. The molecule has 144 valence electrons. The smallest absolute Gasteiger partial charge is 0.0812 e. The zero-order valence-electron chi connectivity index (χ0n) is 15.9. The van der Waals surface area contributed by atoms with Gasteiger partial charge >= 0.3 is 0 Å². The second kappa shape index (κ2) is 4.76. The first-order valence-corrected chi connectivity index (χ1v) is 10.9. The molecule has 3 N–H and O–H groups in total. The van der Waals surface area contributed by atoms with Crippen molar-refractivity contribution < 1.29 is 15.3 Å². The van der Waals surface area contributed by atoms with Gasteiger partial charge in [0.2, 0.25) is 0 Å². The van der Waals surface area contributed by atoms with E-state index in [4.69, 9.17) is 0 Å². The van der Waals surface area contributed by atoms with Crippen LogP contribution in [0.5, 0.6) is 0 Å². The Balaban J connectivity index is 1.60. The number of rotatable bonds is 2. The average molecular weight is 360 g/mol. The number of aliphatic hydroxyl groups excluding tert-OH is 3. The van der Waals surface area contributed by atoms with Gasteiger partial charge in [-0.3, -0.25) is 4.90 Å². The van der Waals surface area contributed by atoms with E-state index in [1.54, 1.807) is 0 Å². The molecule has 6 aliphatic carbocycles. The fraction of sp³-hybridized carbons (Fsp3) is 0.909. The summed E-state index contributed by atoms with van der Waals surface area (Å²) in [5.41, 5.74) is 0.860. The Morgan fingerprint density at radius 3 is 2.69 bits per heavy atom. The van der Waals surface area contributed by atoms with Gasteiger partial charge in [-0.25, -0.2) is 0 Å². The second-order valence-electron chi connectivity index (χ2n) is 10.6. The van der Waals surface area contributed by atoms with Gasteiger partial charge in [-0.2, -0.15) is 0 Å². The number of fused-ring (bicyclic) bond motifs is 2. The van der Waals surface area contributed by atoms with Crippen LogP contribution in [0.4, 0.5) is 0 Å². The van der Waals surface area contributed by atoms with Crippen LogP contribution in [0.3, 0.4) is 0 Å². The van der Waals surface area contributed by atoms with E-state index in [0.717, 1.165) is 50.8 Å². The summed E-state index contributed by atoms with van der Waals surface area (Å²) < 4.78 is 0. The molecule has 7 fully saturated rings. The van der Waals surface area contributed by atoms with Crippen LogP contribution in [0.25, 0.3) is 0 Å². The largest absolute Gasteiger partial charge is 0.396 e.